The van der Waals surface area contributed by atoms with Crippen molar-refractivity contribution >= 4 is 5.91 Å². The summed E-state index contributed by atoms with van der Waals surface area (Å²) in [6.45, 7) is 3.80. The van der Waals surface area contributed by atoms with Crippen molar-refractivity contribution in [2.75, 3.05) is 19.7 Å². The molecular formula is C15H22N2O2. The van der Waals surface area contributed by atoms with Crippen LogP contribution in [0, 0.1) is 0 Å². The van der Waals surface area contributed by atoms with Gasteiger partial charge in [-0.15, -0.1) is 0 Å². The molecule has 1 heterocycles. The number of benzene rings is 1. The molecule has 1 aliphatic heterocycles. The lowest BCUT2D eigenvalue weighted by atomic mass is 10.1. The van der Waals surface area contributed by atoms with E-state index in [1.807, 2.05) is 36.1 Å². The largest absolute Gasteiger partial charge is 0.484 e. The van der Waals surface area contributed by atoms with Gasteiger partial charge in [0.15, 0.2) is 6.61 Å². The van der Waals surface area contributed by atoms with Gasteiger partial charge in [-0.25, -0.2) is 0 Å². The highest BCUT2D eigenvalue weighted by atomic mass is 16.5. The van der Waals surface area contributed by atoms with E-state index in [1.165, 1.54) is 6.42 Å². The molecule has 0 aliphatic carbocycles. The molecule has 1 aliphatic rings. The molecule has 0 aromatic heterocycles. The maximum absolute atomic E-state index is 11.9. The third kappa shape index (κ3) is 3.96. The van der Waals surface area contributed by atoms with E-state index in [9.17, 15) is 4.79 Å². The number of ether oxygens (including phenoxy) is 1. The molecule has 0 radical (unpaired) electrons. The molecule has 2 rings (SSSR count). The SMILES string of the molecule is C[C@@H](N)c1ccc(OCC(=O)N2CCCCC2)cc1. The molecule has 1 amide bonds. The van der Waals surface area contributed by atoms with Crippen LogP contribution in [0.5, 0.6) is 5.75 Å². The number of nitrogens with zero attached hydrogens (tertiary/aromatic N) is 1. The summed E-state index contributed by atoms with van der Waals surface area (Å²) in [5, 5.41) is 0. The van der Waals surface area contributed by atoms with Crippen LogP contribution in [0.25, 0.3) is 0 Å². The summed E-state index contributed by atoms with van der Waals surface area (Å²) in [5.41, 5.74) is 6.85. The molecule has 1 aromatic carbocycles. The monoisotopic (exact) mass is 262 g/mol. The fourth-order valence-electron chi connectivity index (χ4n) is 2.25. The molecule has 0 bridgehead atoms. The molecule has 1 atom stereocenters. The normalized spacial score (nSPS) is 17.1. The van der Waals surface area contributed by atoms with Gasteiger partial charge in [-0.3, -0.25) is 4.79 Å². The summed E-state index contributed by atoms with van der Waals surface area (Å²) in [6, 6.07) is 7.62. The van der Waals surface area contributed by atoms with E-state index in [0.717, 1.165) is 37.2 Å². The fourth-order valence-corrected chi connectivity index (χ4v) is 2.25. The van der Waals surface area contributed by atoms with Crippen molar-refractivity contribution < 1.29 is 9.53 Å². The first kappa shape index (κ1) is 13.9. The second-order valence-corrected chi connectivity index (χ2v) is 5.09. The third-order valence-electron chi connectivity index (χ3n) is 3.48. The van der Waals surface area contributed by atoms with Gasteiger partial charge in [0.05, 0.1) is 0 Å². The van der Waals surface area contributed by atoms with Crippen LogP contribution in [-0.2, 0) is 4.79 Å². The second kappa shape index (κ2) is 6.57. The van der Waals surface area contributed by atoms with Gasteiger partial charge in [0, 0.05) is 19.1 Å². The average Bonchev–Trinajstić information content (AvgIpc) is 2.46. The van der Waals surface area contributed by atoms with Gasteiger partial charge in [0.1, 0.15) is 5.75 Å². The number of nitrogens with two attached hydrogens (primary N) is 1. The third-order valence-corrected chi connectivity index (χ3v) is 3.48. The molecule has 1 fully saturated rings. The van der Waals surface area contributed by atoms with Crippen molar-refractivity contribution in [3.63, 3.8) is 0 Å². The predicted octanol–water partition coefficient (Wildman–Crippen LogP) is 2.10. The second-order valence-electron chi connectivity index (χ2n) is 5.09. The van der Waals surface area contributed by atoms with E-state index in [4.69, 9.17) is 10.5 Å². The first-order chi connectivity index (χ1) is 9.16. The van der Waals surface area contributed by atoms with Crippen LogP contribution in [0.1, 0.15) is 37.8 Å². The smallest absolute Gasteiger partial charge is 0.260 e. The highest BCUT2D eigenvalue weighted by Crippen LogP contribution is 2.16. The van der Waals surface area contributed by atoms with Gasteiger partial charge in [0.25, 0.3) is 5.91 Å². The Morgan fingerprint density at radius 3 is 2.47 bits per heavy atom. The Morgan fingerprint density at radius 2 is 1.89 bits per heavy atom. The number of carbonyl (C=O) groups is 1. The number of likely N-dealkylation sites (tertiary alicyclic amines) is 1. The van der Waals surface area contributed by atoms with E-state index < -0.39 is 0 Å². The quantitative estimate of drug-likeness (QED) is 0.904. The summed E-state index contributed by atoms with van der Waals surface area (Å²) in [5.74, 6) is 0.797. The zero-order chi connectivity index (χ0) is 13.7. The number of hydrogen-bond donors (Lipinski definition) is 1. The Hall–Kier alpha value is -1.55. The van der Waals surface area contributed by atoms with Crippen LogP contribution in [-0.4, -0.2) is 30.5 Å². The van der Waals surface area contributed by atoms with Gasteiger partial charge in [-0.05, 0) is 43.9 Å². The minimum absolute atomic E-state index is 0.0176. The van der Waals surface area contributed by atoms with E-state index in [1.54, 1.807) is 0 Å². The van der Waals surface area contributed by atoms with E-state index in [-0.39, 0.29) is 18.6 Å². The van der Waals surface area contributed by atoms with Gasteiger partial charge >= 0.3 is 0 Å². The molecule has 4 nitrogen and oxygen atoms in total. The molecule has 0 spiro atoms. The molecule has 4 heteroatoms. The molecule has 0 saturated carbocycles. The first-order valence-corrected chi connectivity index (χ1v) is 6.93. The first-order valence-electron chi connectivity index (χ1n) is 6.93. The lowest BCUT2D eigenvalue weighted by Gasteiger charge is -2.26. The Bertz CT molecular complexity index is 409. The average molecular weight is 262 g/mol. The minimum atomic E-state index is 0.0176. The Labute approximate surface area is 114 Å². The van der Waals surface area contributed by atoms with Crippen LogP contribution < -0.4 is 10.5 Å². The molecule has 104 valence electrons. The number of rotatable bonds is 4. The number of amides is 1. The number of hydrogen-bond acceptors (Lipinski definition) is 3. The number of piperidine rings is 1. The van der Waals surface area contributed by atoms with Crippen molar-refractivity contribution in [2.45, 2.75) is 32.2 Å². The minimum Gasteiger partial charge on any atom is -0.484 e. The summed E-state index contributed by atoms with van der Waals surface area (Å²) in [6.07, 6.45) is 3.44. The molecule has 2 N–H and O–H groups in total. The van der Waals surface area contributed by atoms with Crippen LogP contribution in [0.4, 0.5) is 0 Å². The maximum Gasteiger partial charge on any atom is 0.260 e. The van der Waals surface area contributed by atoms with Crippen molar-refractivity contribution in [3.8, 4) is 5.75 Å². The molecule has 0 unspecified atom stereocenters. The molecule has 1 saturated heterocycles. The van der Waals surface area contributed by atoms with E-state index >= 15 is 0 Å². The van der Waals surface area contributed by atoms with Gasteiger partial charge < -0.3 is 15.4 Å². The summed E-state index contributed by atoms with van der Waals surface area (Å²) < 4.78 is 5.52. The van der Waals surface area contributed by atoms with Crippen molar-refractivity contribution in [1.82, 2.24) is 4.90 Å². The standard InChI is InChI=1S/C15H22N2O2/c1-12(16)13-5-7-14(8-6-13)19-11-15(18)17-9-3-2-4-10-17/h5-8,12H,2-4,9-11,16H2,1H3/t12-/m1/s1. The Balaban J connectivity index is 1.82. The van der Waals surface area contributed by atoms with Crippen LogP contribution in [0.2, 0.25) is 0 Å². The lowest BCUT2D eigenvalue weighted by molar-refractivity contribution is -0.134. The van der Waals surface area contributed by atoms with Gasteiger partial charge in [0.2, 0.25) is 0 Å². The zero-order valence-corrected chi connectivity index (χ0v) is 11.5. The predicted molar refractivity (Wildman–Crippen MR) is 75.0 cm³/mol. The Kier molecular flexibility index (Phi) is 4.80. The van der Waals surface area contributed by atoms with E-state index in [0.29, 0.717) is 0 Å². The van der Waals surface area contributed by atoms with Gasteiger partial charge in [-0.2, -0.15) is 0 Å². The topological polar surface area (TPSA) is 55.6 Å². The maximum atomic E-state index is 11.9. The summed E-state index contributed by atoms with van der Waals surface area (Å²) >= 11 is 0. The van der Waals surface area contributed by atoms with Crippen molar-refractivity contribution in [3.05, 3.63) is 29.8 Å². The van der Waals surface area contributed by atoms with Gasteiger partial charge in [-0.1, -0.05) is 12.1 Å². The fraction of sp³-hybridized carbons (Fsp3) is 0.533. The lowest BCUT2D eigenvalue weighted by Crippen LogP contribution is -2.38. The van der Waals surface area contributed by atoms with Crippen molar-refractivity contribution in [2.24, 2.45) is 5.73 Å². The molecular weight excluding hydrogens is 240 g/mol. The summed E-state index contributed by atoms with van der Waals surface area (Å²) in [4.78, 5) is 13.8. The molecule has 1 aromatic rings. The van der Waals surface area contributed by atoms with Crippen LogP contribution in [0.15, 0.2) is 24.3 Å². The van der Waals surface area contributed by atoms with Crippen molar-refractivity contribution in [1.29, 1.82) is 0 Å². The number of carbonyl (C=O) groups excluding carboxylic acids is 1. The summed E-state index contributed by atoms with van der Waals surface area (Å²) in [7, 11) is 0. The highest BCUT2D eigenvalue weighted by molar-refractivity contribution is 5.77. The van der Waals surface area contributed by atoms with E-state index in [2.05, 4.69) is 0 Å². The highest BCUT2D eigenvalue weighted by Gasteiger charge is 2.16. The molecule has 19 heavy (non-hydrogen) atoms. The van der Waals surface area contributed by atoms with Crippen LogP contribution >= 0.6 is 0 Å². The van der Waals surface area contributed by atoms with Crippen LogP contribution in [0.3, 0.4) is 0 Å². The Morgan fingerprint density at radius 1 is 1.26 bits per heavy atom. The zero-order valence-electron chi connectivity index (χ0n) is 11.5.